The fraction of sp³-hybridized carbons (Fsp3) is 0.333. The van der Waals surface area contributed by atoms with E-state index in [4.69, 9.17) is 5.14 Å². The molecule has 0 aliphatic carbocycles. The first-order valence-corrected chi connectivity index (χ1v) is 7.94. The molecule has 0 bridgehead atoms. The Labute approximate surface area is 121 Å². The van der Waals surface area contributed by atoms with Gasteiger partial charge in [0.15, 0.2) is 11.5 Å². The van der Waals surface area contributed by atoms with Gasteiger partial charge in [-0.1, -0.05) is 0 Å². The Morgan fingerprint density at radius 1 is 1.45 bits per heavy atom. The standard InChI is InChI=1S/C9H9BrN6O3S/c10-7-6-8(15-14-7)12-3-13-9(6)16-2-4(1-5(16)17)20(11,18)19/h3-4H,1-2H2,(H2,11,18,19)(H,12,13,14,15). The highest BCUT2D eigenvalue weighted by Crippen LogP contribution is 2.31. The van der Waals surface area contributed by atoms with Crippen molar-refractivity contribution >= 4 is 48.7 Å². The summed E-state index contributed by atoms with van der Waals surface area (Å²) in [6.45, 7) is -0.0264. The molecule has 2 aromatic heterocycles. The fourth-order valence-electron chi connectivity index (χ4n) is 2.11. The fourth-order valence-corrected chi connectivity index (χ4v) is 3.29. The van der Waals surface area contributed by atoms with E-state index < -0.39 is 15.3 Å². The van der Waals surface area contributed by atoms with Crippen LogP contribution < -0.4 is 10.0 Å². The number of rotatable bonds is 2. The van der Waals surface area contributed by atoms with Crippen molar-refractivity contribution in [3.05, 3.63) is 10.9 Å². The van der Waals surface area contributed by atoms with Gasteiger partial charge in [0.2, 0.25) is 15.9 Å². The van der Waals surface area contributed by atoms with Crippen molar-refractivity contribution in [2.45, 2.75) is 11.7 Å². The Kier molecular flexibility index (Phi) is 2.99. The Morgan fingerprint density at radius 2 is 2.20 bits per heavy atom. The van der Waals surface area contributed by atoms with Crippen LogP contribution in [-0.2, 0) is 14.8 Å². The molecule has 1 saturated heterocycles. The molecular formula is C9H9BrN6O3S. The molecule has 1 amide bonds. The third kappa shape index (κ3) is 2.07. The molecule has 11 heteroatoms. The summed E-state index contributed by atoms with van der Waals surface area (Å²) in [4.78, 5) is 21.3. The Hall–Kier alpha value is -1.59. The smallest absolute Gasteiger partial charge is 0.229 e. The monoisotopic (exact) mass is 360 g/mol. The first kappa shape index (κ1) is 13.4. The van der Waals surface area contributed by atoms with E-state index in [1.165, 1.54) is 11.2 Å². The molecule has 9 nitrogen and oxygen atoms in total. The molecule has 3 heterocycles. The highest BCUT2D eigenvalue weighted by Gasteiger charge is 2.38. The van der Waals surface area contributed by atoms with E-state index in [0.717, 1.165) is 0 Å². The summed E-state index contributed by atoms with van der Waals surface area (Å²) >= 11 is 3.26. The summed E-state index contributed by atoms with van der Waals surface area (Å²) in [5.74, 6) is -0.0381. The number of nitrogens with zero attached hydrogens (tertiary/aromatic N) is 4. The van der Waals surface area contributed by atoms with E-state index in [1.807, 2.05) is 0 Å². The number of fused-ring (bicyclic) bond motifs is 1. The van der Waals surface area contributed by atoms with Crippen LogP contribution in [0.3, 0.4) is 0 Å². The highest BCUT2D eigenvalue weighted by molar-refractivity contribution is 9.10. The maximum absolute atomic E-state index is 12.0. The van der Waals surface area contributed by atoms with Crippen LogP contribution in [0.4, 0.5) is 5.82 Å². The predicted octanol–water partition coefficient (Wildman–Crippen LogP) is -0.491. The van der Waals surface area contributed by atoms with Gasteiger partial charge in [-0.15, -0.1) is 0 Å². The second-order valence-electron chi connectivity index (χ2n) is 4.35. The number of nitrogens with two attached hydrogens (primary N) is 1. The minimum Gasteiger partial charge on any atom is -0.295 e. The first-order chi connectivity index (χ1) is 9.38. The van der Waals surface area contributed by atoms with E-state index in [1.54, 1.807) is 0 Å². The maximum Gasteiger partial charge on any atom is 0.229 e. The van der Waals surface area contributed by atoms with Crippen molar-refractivity contribution < 1.29 is 13.2 Å². The number of nitrogens with one attached hydrogen (secondary N) is 1. The van der Waals surface area contributed by atoms with Crippen molar-refractivity contribution in [2.24, 2.45) is 5.14 Å². The van der Waals surface area contributed by atoms with Crippen LogP contribution in [0.25, 0.3) is 11.0 Å². The minimum absolute atomic E-state index is 0.0264. The number of halogens is 1. The van der Waals surface area contributed by atoms with Gasteiger partial charge in [-0.3, -0.25) is 14.8 Å². The van der Waals surface area contributed by atoms with Crippen molar-refractivity contribution in [2.75, 3.05) is 11.4 Å². The van der Waals surface area contributed by atoms with Crippen LogP contribution >= 0.6 is 15.9 Å². The largest absolute Gasteiger partial charge is 0.295 e. The van der Waals surface area contributed by atoms with Crippen molar-refractivity contribution in [1.29, 1.82) is 0 Å². The van der Waals surface area contributed by atoms with Gasteiger partial charge in [-0.05, 0) is 15.9 Å². The van der Waals surface area contributed by atoms with Crippen LogP contribution in [0.2, 0.25) is 0 Å². The molecular weight excluding hydrogens is 352 g/mol. The lowest BCUT2D eigenvalue weighted by Gasteiger charge is -2.15. The van der Waals surface area contributed by atoms with Crippen molar-refractivity contribution in [1.82, 2.24) is 20.2 Å². The second kappa shape index (κ2) is 4.46. The van der Waals surface area contributed by atoms with Crippen LogP contribution in [0.1, 0.15) is 6.42 Å². The Bertz CT molecular complexity index is 803. The number of carbonyl (C=O) groups excluding carboxylic acids is 1. The Morgan fingerprint density at radius 3 is 2.85 bits per heavy atom. The topological polar surface area (TPSA) is 135 Å². The lowest BCUT2D eigenvalue weighted by molar-refractivity contribution is -0.117. The van der Waals surface area contributed by atoms with Crippen LogP contribution in [0, 0.1) is 0 Å². The van der Waals surface area contributed by atoms with E-state index in [0.29, 0.717) is 21.5 Å². The van der Waals surface area contributed by atoms with E-state index in [9.17, 15) is 13.2 Å². The second-order valence-corrected chi connectivity index (χ2v) is 6.99. The van der Waals surface area contributed by atoms with Crippen LogP contribution in [-0.4, -0.2) is 46.3 Å². The molecule has 1 unspecified atom stereocenters. The average molecular weight is 361 g/mol. The maximum atomic E-state index is 12.0. The average Bonchev–Trinajstić information content (AvgIpc) is 2.93. The number of primary sulfonamides is 1. The van der Waals surface area contributed by atoms with Crippen molar-refractivity contribution in [3.63, 3.8) is 0 Å². The molecule has 3 rings (SSSR count). The zero-order valence-electron chi connectivity index (χ0n) is 9.95. The van der Waals surface area contributed by atoms with Gasteiger partial charge in [0.05, 0.1) is 5.39 Å². The van der Waals surface area contributed by atoms with Gasteiger partial charge in [0, 0.05) is 13.0 Å². The number of carbonyl (C=O) groups is 1. The lowest BCUT2D eigenvalue weighted by atomic mass is 10.3. The molecule has 2 aromatic rings. The molecule has 1 aliphatic heterocycles. The first-order valence-electron chi connectivity index (χ1n) is 5.54. The molecule has 20 heavy (non-hydrogen) atoms. The molecule has 0 aromatic carbocycles. The molecule has 106 valence electrons. The molecule has 1 aliphatic rings. The van der Waals surface area contributed by atoms with Gasteiger partial charge >= 0.3 is 0 Å². The zero-order chi connectivity index (χ0) is 14.5. The lowest BCUT2D eigenvalue weighted by Crippen LogP contribution is -2.32. The summed E-state index contributed by atoms with van der Waals surface area (Å²) in [5, 5.41) is 11.3. The van der Waals surface area contributed by atoms with Gasteiger partial charge in [0.25, 0.3) is 0 Å². The van der Waals surface area contributed by atoms with Crippen molar-refractivity contribution in [3.8, 4) is 0 Å². The van der Waals surface area contributed by atoms with E-state index >= 15 is 0 Å². The molecule has 0 saturated carbocycles. The number of H-pyrrole nitrogens is 1. The third-order valence-corrected chi connectivity index (χ3v) is 4.92. The summed E-state index contributed by atoms with van der Waals surface area (Å²) in [5.41, 5.74) is 0.383. The zero-order valence-corrected chi connectivity index (χ0v) is 12.3. The summed E-state index contributed by atoms with van der Waals surface area (Å²) in [7, 11) is -3.77. The van der Waals surface area contributed by atoms with Gasteiger partial charge in [0.1, 0.15) is 16.2 Å². The van der Waals surface area contributed by atoms with Crippen LogP contribution in [0.15, 0.2) is 10.9 Å². The normalized spacial score (nSPS) is 20.0. The van der Waals surface area contributed by atoms with Crippen LogP contribution in [0.5, 0.6) is 0 Å². The molecule has 3 N–H and O–H groups in total. The highest BCUT2D eigenvalue weighted by atomic mass is 79.9. The molecule has 0 radical (unpaired) electrons. The SMILES string of the molecule is NS(=O)(=O)C1CC(=O)N(c2ncnc3n[nH]c(Br)c23)C1. The quantitative estimate of drug-likeness (QED) is 0.741. The number of hydrogen-bond acceptors (Lipinski definition) is 6. The Balaban J connectivity index is 2.08. The number of hydrogen-bond donors (Lipinski definition) is 2. The number of aromatic nitrogens is 4. The van der Waals surface area contributed by atoms with Gasteiger partial charge in [-0.25, -0.2) is 23.5 Å². The van der Waals surface area contributed by atoms with Gasteiger partial charge in [-0.2, -0.15) is 5.10 Å². The number of anilines is 1. The minimum atomic E-state index is -3.77. The number of aromatic amines is 1. The number of sulfonamides is 1. The number of amides is 1. The van der Waals surface area contributed by atoms with E-state index in [-0.39, 0.29) is 18.9 Å². The summed E-state index contributed by atoms with van der Waals surface area (Å²) in [6.07, 6.45) is 1.11. The predicted molar refractivity (Wildman–Crippen MR) is 73.2 cm³/mol. The van der Waals surface area contributed by atoms with Gasteiger partial charge < -0.3 is 0 Å². The molecule has 1 fully saturated rings. The molecule has 0 spiro atoms. The third-order valence-electron chi connectivity index (χ3n) is 3.10. The molecule has 1 atom stereocenters. The summed E-state index contributed by atoms with van der Waals surface area (Å²) in [6, 6.07) is 0. The van der Waals surface area contributed by atoms with E-state index in [2.05, 4.69) is 36.1 Å². The summed E-state index contributed by atoms with van der Waals surface area (Å²) < 4.78 is 23.3.